The molecule has 1 heterocycles. The Kier molecular flexibility index (Phi) is 5.92. The van der Waals surface area contributed by atoms with Crippen molar-refractivity contribution in [3.05, 3.63) is 30.1 Å². The summed E-state index contributed by atoms with van der Waals surface area (Å²) in [7, 11) is 1.55. The molecule has 6 nitrogen and oxygen atoms in total. The molecule has 0 radical (unpaired) electrons. The third-order valence-corrected chi connectivity index (χ3v) is 3.66. The number of rotatable bonds is 5. The lowest BCUT2D eigenvalue weighted by Gasteiger charge is -2.32. The minimum Gasteiger partial charge on any atom is -0.383 e. The van der Waals surface area contributed by atoms with Crippen LogP contribution >= 0.6 is 0 Å². The largest absolute Gasteiger partial charge is 0.383 e. The number of methoxy groups -OCH3 is 1. The normalized spacial score (nSPS) is 19.3. The molecule has 23 heavy (non-hydrogen) atoms. The highest BCUT2D eigenvalue weighted by atomic mass is 19.1. The second-order valence-corrected chi connectivity index (χ2v) is 5.64. The van der Waals surface area contributed by atoms with Gasteiger partial charge in [-0.05, 0) is 38.0 Å². The Morgan fingerprint density at radius 1 is 1.52 bits per heavy atom. The summed E-state index contributed by atoms with van der Waals surface area (Å²) >= 11 is 0. The summed E-state index contributed by atoms with van der Waals surface area (Å²) in [5.74, 6) is -0.618. The number of hydrogen-bond acceptors (Lipinski definition) is 3. The highest BCUT2D eigenvalue weighted by Gasteiger charge is 2.31. The fourth-order valence-corrected chi connectivity index (χ4v) is 2.62. The summed E-state index contributed by atoms with van der Waals surface area (Å²) in [5.41, 5.74) is 0.509. The van der Waals surface area contributed by atoms with Crippen LogP contribution in [0.3, 0.4) is 0 Å². The fourth-order valence-electron chi connectivity index (χ4n) is 2.62. The van der Waals surface area contributed by atoms with Crippen LogP contribution < -0.4 is 15.5 Å². The maximum atomic E-state index is 13.3. The fraction of sp³-hybridized carbons (Fsp3) is 0.500. The van der Waals surface area contributed by atoms with E-state index in [1.54, 1.807) is 19.2 Å². The molecule has 0 bridgehead atoms. The first-order valence-corrected chi connectivity index (χ1v) is 7.64. The van der Waals surface area contributed by atoms with Gasteiger partial charge in [-0.3, -0.25) is 4.79 Å². The number of ether oxygens (including phenoxy) is 1. The standard InChI is InChI=1S/C16H22FN3O3/c1-11(10-23-2)18-16(22)19-14-7-4-8-20(15(14)21)13-6-3-5-12(17)9-13/h3,5-6,9,11,14H,4,7-8,10H2,1-2H3,(H2,18,19,22)/t11-,14+/m0/s1. The van der Waals surface area contributed by atoms with Crippen LogP contribution in [0.25, 0.3) is 0 Å². The Bertz CT molecular complexity index is 567. The molecule has 7 heteroatoms. The molecule has 0 unspecified atom stereocenters. The van der Waals surface area contributed by atoms with Gasteiger partial charge in [0, 0.05) is 19.3 Å². The first-order chi connectivity index (χ1) is 11.0. The summed E-state index contributed by atoms with van der Waals surface area (Å²) in [5, 5.41) is 5.39. The van der Waals surface area contributed by atoms with Gasteiger partial charge in [-0.25, -0.2) is 9.18 Å². The molecule has 2 rings (SSSR count). The van der Waals surface area contributed by atoms with Gasteiger partial charge >= 0.3 is 6.03 Å². The van der Waals surface area contributed by atoms with Crippen LogP contribution in [0.15, 0.2) is 24.3 Å². The van der Waals surface area contributed by atoms with Crippen molar-refractivity contribution in [3.63, 3.8) is 0 Å². The van der Waals surface area contributed by atoms with E-state index >= 15 is 0 Å². The van der Waals surface area contributed by atoms with Crippen molar-refractivity contribution in [2.45, 2.75) is 31.8 Å². The SMILES string of the molecule is COC[C@H](C)NC(=O)N[C@@H]1CCCN(c2cccc(F)c2)C1=O. The summed E-state index contributed by atoms with van der Waals surface area (Å²) < 4.78 is 18.3. The Morgan fingerprint density at radius 3 is 3.00 bits per heavy atom. The lowest BCUT2D eigenvalue weighted by molar-refractivity contribution is -0.121. The molecule has 0 aromatic heterocycles. The van der Waals surface area contributed by atoms with Crippen molar-refractivity contribution >= 4 is 17.6 Å². The van der Waals surface area contributed by atoms with Crippen LogP contribution in [0.2, 0.25) is 0 Å². The molecule has 0 spiro atoms. The lowest BCUT2D eigenvalue weighted by Crippen LogP contribution is -2.55. The number of benzene rings is 1. The first kappa shape index (κ1) is 17.2. The van der Waals surface area contributed by atoms with Crippen LogP contribution in [0.5, 0.6) is 0 Å². The van der Waals surface area contributed by atoms with Gasteiger partial charge < -0.3 is 20.3 Å². The number of carbonyl (C=O) groups excluding carboxylic acids is 2. The van der Waals surface area contributed by atoms with Crippen molar-refractivity contribution < 1.29 is 18.7 Å². The van der Waals surface area contributed by atoms with Gasteiger partial charge in [-0.2, -0.15) is 0 Å². The zero-order valence-corrected chi connectivity index (χ0v) is 13.3. The van der Waals surface area contributed by atoms with Gasteiger partial charge in [-0.15, -0.1) is 0 Å². The van der Waals surface area contributed by atoms with Gasteiger partial charge in [0.2, 0.25) is 5.91 Å². The van der Waals surface area contributed by atoms with E-state index in [9.17, 15) is 14.0 Å². The number of nitrogens with one attached hydrogen (secondary N) is 2. The van der Waals surface area contributed by atoms with E-state index in [1.165, 1.54) is 17.0 Å². The third kappa shape index (κ3) is 4.66. The van der Waals surface area contributed by atoms with Gasteiger partial charge in [0.25, 0.3) is 0 Å². The van der Waals surface area contributed by atoms with Crippen molar-refractivity contribution in [1.82, 2.24) is 10.6 Å². The van der Waals surface area contributed by atoms with Gasteiger partial charge in [-0.1, -0.05) is 6.07 Å². The number of anilines is 1. The maximum absolute atomic E-state index is 13.3. The number of urea groups is 1. The lowest BCUT2D eigenvalue weighted by atomic mass is 10.0. The van der Waals surface area contributed by atoms with Gasteiger partial charge in [0.1, 0.15) is 11.9 Å². The average molecular weight is 323 g/mol. The van der Waals surface area contributed by atoms with E-state index in [1.807, 2.05) is 6.92 Å². The molecule has 0 saturated carbocycles. The highest BCUT2D eigenvalue weighted by molar-refractivity contribution is 5.99. The Hall–Kier alpha value is -2.15. The summed E-state index contributed by atoms with van der Waals surface area (Å²) in [4.78, 5) is 26.0. The van der Waals surface area contributed by atoms with Crippen LogP contribution in [-0.2, 0) is 9.53 Å². The summed E-state index contributed by atoms with van der Waals surface area (Å²) in [6.07, 6.45) is 1.30. The molecule has 1 saturated heterocycles. The van der Waals surface area contributed by atoms with Crippen molar-refractivity contribution in [1.29, 1.82) is 0 Å². The van der Waals surface area contributed by atoms with Crippen LogP contribution in [0.4, 0.5) is 14.9 Å². The minimum absolute atomic E-state index is 0.155. The van der Waals surface area contributed by atoms with Crippen molar-refractivity contribution in [2.24, 2.45) is 0 Å². The van der Waals surface area contributed by atoms with E-state index < -0.39 is 17.9 Å². The van der Waals surface area contributed by atoms with Crippen molar-refractivity contribution in [2.75, 3.05) is 25.2 Å². The van der Waals surface area contributed by atoms with Gasteiger partial charge in [0.05, 0.1) is 12.6 Å². The number of nitrogens with zero attached hydrogens (tertiary/aromatic N) is 1. The molecular weight excluding hydrogens is 301 g/mol. The summed E-state index contributed by atoms with van der Waals surface area (Å²) in [6, 6.07) is 4.73. The first-order valence-electron chi connectivity index (χ1n) is 7.64. The second kappa shape index (κ2) is 7.92. The molecular formula is C16H22FN3O3. The Balaban J connectivity index is 1.98. The number of halogens is 1. The molecule has 1 aromatic rings. The average Bonchev–Trinajstić information content (AvgIpc) is 2.49. The molecule has 126 valence electrons. The topological polar surface area (TPSA) is 70.7 Å². The molecule has 2 N–H and O–H groups in total. The molecule has 0 aliphatic carbocycles. The zero-order chi connectivity index (χ0) is 16.8. The van der Waals surface area contributed by atoms with E-state index in [-0.39, 0.29) is 11.9 Å². The Morgan fingerprint density at radius 2 is 2.30 bits per heavy atom. The second-order valence-electron chi connectivity index (χ2n) is 5.64. The predicted octanol–water partition coefficient (Wildman–Crippen LogP) is 1.66. The van der Waals surface area contributed by atoms with Crippen LogP contribution in [-0.4, -0.2) is 44.3 Å². The minimum atomic E-state index is -0.609. The number of hydrogen-bond donors (Lipinski definition) is 2. The highest BCUT2D eigenvalue weighted by Crippen LogP contribution is 2.21. The molecule has 1 aliphatic rings. The molecule has 3 amide bonds. The molecule has 1 aliphatic heterocycles. The monoisotopic (exact) mass is 323 g/mol. The van der Waals surface area contributed by atoms with Crippen molar-refractivity contribution in [3.8, 4) is 0 Å². The smallest absolute Gasteiger partial charge is 0.315 e. The number of piperidine rings is 1. The molecule has 1 fully saturated rings. The number of carbonyl (C=O) groups is 2. The maximum Gasteiger partial charge on any atom is 0.315 e. The predicted molar refractivity (Wildman–Crippen MR) is 84.8 cm³/mol. The quantitative estimate of drug-likeness (QED) is 0.866. The van der Waals surface area contributed by atoms with E-state index in [0.29, 0.717) is 25.3 Å². The van der Waals surface area contributed by atoms with Crippen LogP contribution in [0.1, 0.15) is 19.8 Å². The van der Waals surface area contributed by atoms with Crippen LogP contribution in [0, 0.1) is 5.82 Å². The summed E-state index contributed by atoms with van der Waals surface area (Å²) in [6.45, 7) is 2.72. The van der Waals surface area contributed by atoms with E-state index in [2.05, 4.69) is 10.6 Å². The molecule has 2 atom stereocenters. The number of amides is 3. The van der Waals surface area contributed by atoms with E-state index in [0.717, 1.165) is 6.42 Å². The van der Waals surface area contributed by atoms with E-state index in [4.69, 9.17) is 4.74 Å². The third-order valence-electron chi connectivity index (χ3n) is 3.66. The zero-order valence-electron chi connectivity index (χ0n) is 13.3. The van der Waals surface area contributed by atoms with Gasteiger partial charge in [0.15, 0.2) is 0 Å². The molecule has 1 aromatic carbocycles. The Labute approximate surface area is 135 Å².